The number of nitrogens with one attached hydrogen (secondary N) is 2. The molecule has 7 nitrogen and oxygen atoms in total. The van der Waals surface area contributed by atoms with Crippen molar-refractivity contribution in [2.24, 2.45) is 0 Å². The van der Waals surface area contributed by atoms with Crippen molar-refractivity contribution in [1.29, 1.82) is 0 Å². The highest BCUT2D eigenvalue weighted by atomic mass is 16.2. The van der Waals surface area contributed by atoms with Crippen LogP contribution in [-0.4, -0.2) is 55.9 Å². The number of nitrogens with zero attached hydrogens (tertiary/aromatic N) is 4. The minimum Gasteiger partial charge on any atom is -0.349 e. The van der Waals surface area contributed by atoms with Gasteiger partial charge in [-0.05, 0) is 45.1 Å². The standard InChI is InChI=1S/C21H30N6O/c28-20(24-13-18-12-23-19-14-22-8-10-27(18)19)21-7-3-4-9-26(21)15-17(11-21)25-16-5-1-2-6-16/h8,10,12,14,16-17,25H,1-7,9,11,13,15H2,(H,24,28)/t17-,21-/m0/s1. The SMILES string of the molecule is O=C(NCc1cnc2cnccn12)[C@@]12CCCCN1C[C@@H](NC1CCCC1)C2. The Hall–Kier alpha value is -1.99. The van der Waals surface area contributed by atoms with Crippen LogP contribution in [0.15, 0.2) is 24.8 Å². The molecule has 4 heterocycles. The molecule has 150 valence electrons. The number of amides is 1. The molecule has 2 aromatic heterocycles. The molecule has 1 aliphatic carbocycles. The van der Waals surface area contributed by atoms with Gasteiger partial charge in [-0.2, -0.15) is 0 Å². The van der Waals surface area contributed by atoms with Crippen LogP contribution in [0.2, 0.25) is 0 Å². The van der Waals surface area contributed by atoms with Crippen molar-refractivity contribution in [3.05, 3.63) is 30.5 Å². The second-order valence-electron chi connectivity index (χ2n) is 8.72. The molecular formula is C21H30N6O. The van der Waals surface area contributed by atoms with Gasteiger partial charge in [-0.25, -0.2) is 4.98 Å². The Morgan fingerprint density at radius 2 is 2.07 bits per heavy atom. The molecule has 0 aromatic carbocycles. The van der Waals surface area contributed by atoms with E-state index in [9.17, 15) is 4.79 Å². The zero-order valence-corrected chi connectivity index (χ0v) is 16.4. The monoisotopic (exact) mass is 382 g/mol. The summed E-state index contributed by atoms with van der Waals surface area (Å²) in [5.74, 6) is 0.187. The average molecular weight is 383 g/mol. The van der Waals surface area contributed by atoms with Gasteiger partial charge in [0, 0.05) is 31.0 Å². The number of hydrogen-bond donors (Lipinski definition) is 2. The van der Waals surface area contributed by atoms with Gasteiger partial charge < -0.3 is 10.6 Å². The van der Waals surface area contributed by atoms with E-state index in [0.29, 0.717) is 18.6 Å². The Morgan fingerprint density at radius 3 is 2.96 bits per heavy atom. The van der Waals surface area contributed by atoms with Crippen molar-refractivity contribution >= 4 is 11.6 Å². The fourth-order valence-electron chi connectivity index (χ4n) is 5.58. The molecule has 0 spiro atoms. The highest BCUT2D eigenvalue weighted by Gasteiger charge is 2.52. The summed E-state index contributed by atoms with van der Waals surface area (Å²) in [5.41, 5.74) is 1.46. The number of carbonyl (C=O) groups is 1. The van der Waals surface area contributed by atoms with Crippen LogP contribution >= 0.6 is 0 Å². The number of carbonyl (C=O) groups excluding carboxylic acids is 1. The molecule has 0 unspecified atom stereocenters. The quantitative estimate of drug-likeness (QED) is 0.826. The molecule has 28 heavy (non-hydrogen) atoms. The maximum absolute atomic E-state index is 13.4. The molecule has 5 rings (SSSR count). The van der Waals surface area contributed by atoms with E-state index < -0.39 is 0 Å². The minimum absolute atomic E-state index is 0.187. The third-order valence-electron chi connectivity index (χ3n) is 6.97. The smallest absolute Gasteiger partial charge is 0.240 e. The maximum atomic E-state index is 13.4. The van der Waals surface area contributed by atoms with Gasteiger partial charge >= 0.3 is 0 Å². The molecule has 1 amide bonds. The highest BCUT2D eigenvalue weighted by molar-refractivity contribution is 5.87. The molecule has 2 aliphatic heterocycles. The van der Waals surface area contributed by atoms with Crippen LogP contribution in [0.5, 0.6) is 0 Å². The lowest BCUT2D eigenvalue weighted by atomic mass is 9.84. The zero-order chi connectivity index (χ0) is 19.0. The zero-order valence-electron chi connectivity index (χ0n) is 16.4. The van der Waals surface area contributed by atoms with Crippen LogP contribution < -0.4 is 10.6 Å². The lowest BCUT2D eigenvalue weighted by Crippen LogP contribution is -2.57. The van der Waals surface area contributed by atoms with Crippen LogP contribution in [-0.2, 0) is 11.3 Å². The van der Waals surface area contributed by atoms with Gasteiger partial charge in [-0.1, -0.05) is 12.8 Å². The van der Waals surface area contributed by atoms with Crippen LogP contribution in [0.3, 0.4) is 0 Å². The van der Waals surface area contributed by atoms with Crippen molar-refractivity contribution in [2.75, 3.05) is 13.1 Å². The van der Waals surface area contributed by atoms with Crippen LogP contribution in [0, 0.1) is 0 Å². The van der Waals surface area contributed by atoms with Crippen molar-refractivity contribution < 1.29 is 4.79 Å². The fourth-order valence-corrected chi connectivity index (χ4v) is 5.58. The van der Waals surface area contributed by atoms with Gasteiger partial charge in [0.15, 0.2) is 5.65 Å². The summed E-state index contributed by atoms with van der Waals surface area (Å²) in [6.45, 7) is 2.54. The van der Waals surface area contributed by atoms with E-state index in [2.05, 4.69) is 25.5 Å². The second-order valence-corrected chi connectivity index (χ2v) is 8.72. The molecule has 3 fully saturated rings. The molecule has 0 bridgehead atoms. The van der Waals surface area contributed by atoms with E-state index in [1.54, 1.807) is 12.4 Å². The lowest BCUT2D eigenvalue weighted by Gasteiger charge is -2.40. The van der Waals surface area contributed by atoms with E-state index in [1.165, 1.54) is 32.1 Å². The Balaban J connectivity index is 1.28. The van der Waals surface area contributed by atoms with Crippen molar-refractivity contribution in [3.63, 3.8) is 0 Å². The van der Waals surface area contributed by atoms with Gasteiger partial charge in [0.05, 0.1) is 24.6 Å². The first-order chi connectivity index (χ1) is 13.7. The number of aromatic nitrogens is 3. The first-order valence-electron chi connectivity index (χ1n) is 10.8. The Kier molecular flexibility index (Phi) is 4.80. The highest BCUT2D eigenvalue weighted by Crippen LogP contribution is 2.38. The third-order valence-corrected chi connectivity index (χ3v) is 6.97. The van der Waals surface area contributed by atoms with Crippen LogP contribution in [0.25, 0.3) is 5.65 Å². The number of imidazole rings is 1. The Labute approximate surface area is 165 Å². The summed E-state index contributed by atoms with van der Waals surface area (Å²) >= 11 is 0. The van der Waals surface area contributed by atoms with Gasteiger partial charge in [0.2, 0.25) is 5.91 Å². The number of fused-ring (bicyclic) bond motifs is 2. The minimum atomic E-state index is -0.337. The Morgan fingerprint density at radius 1 is 1.18 bits per heavy atom. The second kappa shape index (κ2) is 7.44. The lowest BCUT2D eigenvalue weighted by molar-refractivity contribution is -0.134. The summed E-state index contributed by atoms with van der Waals surface area (Å²) in [6.07, 6.45) is 16.7. The molecular weight excluding hydrogens is 352 g/mol. The van der Waals surface area contributed by atoms with E-state index in [0.717, 1.165) is 43.7 Å². The molecule has 0 radical (unpaired) electrons. The molecule has 2 atom stereocenters. The molecule has 2 aromatic rings. The first kappa shape index (κ1) is 18.1. The van der Waals surface area contributed by atoms with Crippen molar-refractivity contribution in [2.45, 2.75) is 75.5 Å². The summed E-state index contributed by atoms with van der Waals surface area (Å²) in [6, 6.07) is 1.09. The molecule has 1 saturated carbocycles. The van der Waals surface area contributed by atoms with Crippen LogP contribution in [0.1, 0.15) is 57.1 Å². The summed E-state index contributed by atoms with van der Waals surface area (Å²) in [4.78, 5) is 24.3. The predicted octanol–water partition coefficient (Wildman–Crippen LogP) is 1.87. The number of hydrogen-bond acceptors (Lipinski definition) is 5. The number of piperidine rings is 1. The average Bonchev–Trinajstić information content (AvgIpc) is 3.45. The largest absolute Gasteiger partial charge is 0.349 e. The van der Waals surface area contributed by atoms with E-state index in [4.69, 9.17) is 0 Å². The van der Waals surface area contributed by atoms with E-state index in [-0.39, 0.29) is 11.4 Å². The van der Waals surface area contributed by atoms with Crippen LogP contribution in [0.4, 0.5) is 0 Å². The normalized spacial score (nSPS) is 28.6. The van der Waals surface area contributed by atoms with Crippen molar-refractivity contribution in [1.82, 2.24) is 29.9 Å². The maximum Gasteiger partial charge on any atom is 0.240 e. The summed E-state index contributed by atoms with van der Waals surface area (Å²) in [7, 11) is 0. The Bertz CT molecular complexity index is 844. The first-order valence-corrected chi connectivity index (χ1v) is 10.8. The van der Waals surface area contributed by atoms with E-state index >= 15 is 0 Å². The number of rotatable bonds is 5. The van der Waals surface area contributed by atoms with Gasteiger partial charge in [0.1, 0.15) is 5.54 Å². The molecule has 3 aliphatic rings. The van der Waals surface area contributed by atoms with Crippen molar-refractivity contribution in [3.8, 4) is 0 Å². The third kappa shape index (κ3) is 3.20. The van der Waals surface area contributed by atoms with Gasteiger partial charge in [-0.3, -0.25) is 19.1 Å². The van der Waals surface area contributed by atoms with E-state index in [1.807, 2.05) is 16.8 Å². The molecule has 7 heteroatoms. The van der Waals surface area contributed by atoms with Gasteiger partial charge in [-0.15, -0.1) is 0 Å². The van der Waals surface area contributed by atoms with Gasteiger partial charge in [0.25, 0.3) is 0 Å². The fraction of sp³-hybridized carbons (Fsp3) is 0.667. The molecule has 2 N–H and O–H groups in total. The summed E-state index contributed by atoms with van der Waals surface area (Å²) in [5, 5.41) is 7.10. The predicted molar refractivity (Wildman–Crippen MR) is 107 cm³/mol. The molecule has 2 saturated heterocycles. The topological polar surface area (TPSA) is 74.6 Å². The summed E-state index contributed by atoms with van der Waals surface area (Å²) < 4.78 is 1.99.